The van der Waals surface area contributed by atoms with Gasteiger partial charge in [0.15, 0.2) is 0 Å². The molecule has 0 aliphatic carbocycles. The average Bonchev–Trinajstić information content (AvgIpc) is 3.59. The molecule has 0 spiro atoms. The SMILES string of the molecule is COc1cc2c(NC3CCN(CCO)CC3)nc(N3CCC(F)C3)nc2cc1C#CCCN1CCCC1. The lowest BCUT2D eigenvalue weighted by Gasteiger charge is -2.32. The molecule has 0 bridgehead atoms. The summed E-state index contributed by atoms with van der Waals surface area (Å²) >= 11 is 0. The van der Waals surface area contributed by atoms with Crippen molar-refractivity contribution >= 4 is 22.7 Å². The fraction of sp³-hybridized carbons (Fsp3) is 0.643. The van der Waals surface area contributed by atoms with Gasteiger partial charge in [-0.1, -0.05) is 11.8 Å². The van der Waals surface area contributed by atoms with Crippen LogP contribution in [0, 0.1) is 11.8 Å². The number of β-amino-alcohol motifs (C(OH)–C–C–N with tert-alkyl or cyclic N) is 1. The van der Waals surface area contributed by atoms with Gasteiger partial charge in [-0.15, -0.1) is 0 Å². The number of benzene rings is 1. The molecule has 1 atom stereocenters. The number of rotatable bonds is 8. The maximum absolute atomic E-state index is 14.0. The van der Waals surface area contributed by atoms with Crippen molar-refractivity contribution < 1.29 is 14.2 Å². The topological polar surface area (TPSA) is 77.0 Å². The van der Waals surface area contributed by atoms with Crippen LogP contribution in [0.25, 0.3) is 10.9 Å². The number of aliphatic hydroxyl groups excluding tert-OH is 1. The highest BCUT2D eigenvalue weighted by Gasteiger charge is 2.26. The lowest BCUT2D eigenvalue weighted by atomic mass is 10.0. The van der Waals surface area contributed by atoms with Crippen LogP contribution in [-0.4, -0.2) is 103 Å². The summed E-state index contributed by atoms with van der Waals surface area (Å²) in [7, 11) is 1.67. The molecule has 3 aliphatic rings. The van der Waals surface area contributed by atoms with E-state index in [0.717, 1.165) is 61.2 Å². The lowest BCUT2D eigenvalue weighted by Crippen LogP contribution is -2.40. The Labute approximate surface area is 219 Å². The van der Waals surface area contributed by atoms with Gasteiger partial charge in [-0.3, -0.25) is 0 Å². The number of hydrogen-bond donors (Lipinski definition) is 2. The van der Waals surface area contributed by atoms with Crippen LogP contribution in [0.2, 0.25) is 0 Å². The van der Waals surface area contributed by atoms with E-state index in [0.29, 0.717) is 37.8 Å². The summed E-state index contributed by atoms with van der Waals surface area (Å²) in [6.45, 7) is 7.06. The molecule has 8 nitrogen and oxygen atoms in total. The second kappa shape index (κ2) is 12.2. The number of aromatic nitrogens is 2. The van der Waals surface area contributed by atoms with Gasteiger partial charge in [0.05, 0.1) is 31.3 Å². The molecule has 3 aliphatic heterocycles. The minimum atomic E-state index is -0.848. The third-order valence-electron chi connectivity index (χ3n) is 7.74. The Morgan fingerprint density at radius 1 is 1.05 bits per heavy atom. The molecule has 3 saturated heterocycles. The van der Waals surface area contributed by atoms with E-state index in [1.807, 2.05) is 17.0 Å². The van der Waals surface area contributed by atoms with Crippen molar-refractivity contribution in [1.29, 1.82) is 0 Å². The van der Waals surface area contributed by atoms with Crippen LogP contribution in [0.3, 0.4) is 0 Å². The van der Waals surface area contributed by atoms with E-state index >= 15 is 0 Å². The van der Waals surface area contributed by atoms with Gasteiger partial charge in [-0.25, -0.2) is 9.37 Å². The lowest BCUT2D eigenvalue weighted by molar-refractivity contribution is 0.168. The Morgan fingerprint density at radius 2 is 1.84 bits per heavy atom. The molecule has 200 valence electrons. The summed E-state index contributed by atoms with van der Waals surface area (Å²) in [5.41, 5.74) is 1.60. The standard InChI is InChI=1S/C28H39FN6O2/c1-37-26-19-24-25(18-21(26)6-2-3-10-33-11-4-5-12-33)31-28(35-15-7-22(29)20-35)32-27(24)30-23-8-13-34(14-9-23)16-17-36/h18-19,22-23,36H,3-5,7-17,20H2,1H3,(H,30,31,32). The molecule has 0 amide bonds. The Morgan fingerprint density at radius 3 is 2.54 bits per heavy atom. The van der Waals surface area contributed by atoms with Gasteiger partial charge in [0, 0.05) is 50.6 Å². The van der Waals surface area contributed by atoms with Gasteiger partial charge >= 0.3 is 0 Å². The average molecular weight is 511 g/mol. The van der Waals surface area contributed by atoms with Gasteiger partial charge in [-0.2, -0.15) is 4.98 Å². The third kappa shape index (κ3) is 6.43. The van der Waals surface area contributed by atoms with Crippen molar-refractivity contribution in [2.75, 3.05) is 76.3 Å². The molecule has 0 radical (unpaired) electrons. The number of nitrogens with zero attached hydrogens (tertiary/aromatic N) is 5. The number of methoxy groups -OCH3 is 1. The first-order valence-corrected chi connectivity index (χ1v) is 13.7. The number of fused-ring (bicyclic) bond motifs is 1. The molecule has 3 fully saturated rings. The number of aliphatic hydroxyl groups is 1. The zero-order valence-corrected chi connectivity index (χ0v) is 21.9. The van der Waals surface area contributed by atoms with E-state index in [-0.39, 0.29) is 12.6 Å². The van der Waals surface area contributed by atoms with Crippen molar-refractivity contribution in [3.05, 3.63) is 17.7 Å². The second-order valence-corrected chi connectivity index (χ2v) is 10.4. The highest BCUT2D eigenvalue weighted by atomic mass is 19.1. The molecule has 1 aromatic heterocycles. The number of nitrogens with one attached hydrogen (secondary N) is 1. The first-order valence-electron chi connectivity index (χ1n) is 13.7. The quantitative estimate of drug-likeness (QED) is 0.525. The van der Waals surface area contributed by atoms with Crippen LogP contribution < -0.4 is 15.0 Å². The first kappa shape index (κ1) is 26.0. The maximum atomic E-state index is 14.0. The monoisotopic (exact) mass is 510 g/mol. The summed E-state index contributed by atoms with van der Waals surface area (Å²) in [6.07, 6.45) is 4.98. The summed E-state index contributed by atoms with van der Waals surface area (Å²) in [5.74, 6) is 8.67. The molecule has 9 heteroatoms. The predicted octanol–water partition coefficient (Wildman–Crippen LogP) is 2.89. The number of anilines is 2. The van der Waals surface area contributed by atoms with Crippen molar-refractivity contribution in [1.82, 2.24) is 19.8 Å². The largest absolute Gasteiger partial charge is 0.495 e. The molecule has 2 aromatic rings. The number of likely N-dealkylation sites (tertiary alicyclic amines) is 2. The Bertz CT molecular complexity index is 1120. The summed E-state index contributed by atoms with van der Waals surface area (Å²) in [5, 5.41) is 13.8. The molecule has 0 saturated carbocycles. The van der Waals surface area contributed by atoms with Crippen LogP contribution in [0.1, 0.15) is 44.1 Å². The second-order valence-electron chi connectivity index (χ2n) is 10.4. The minimum Gasteiger partial charge on any atom is -0.495 e. The van der Waals surface area contributed by atoms with Gasteiger partial charge in [0.1, 0.15) is 17.7 Å². The number of halogens is 1. The molecule has 37 heavy (non-hydrogen) atoms. The molecule has 1 unspecified atom stereocenters. The van der Waals surface area contributed by atoms with Crippen LogP contribution in [0.15, 0.2) is 12.1 Å². The Hall–Kier alpha value is -2.67. The highest BCUT2D eigenvalue weighted by Crippen LogP contribution is 2.32. The van der Waals surface area contributed by atoms with E-state index in [1.54, 1.807) is 7.11 Å². The van der Waals surface area contributed by atoms with E-state index in [1.165, 1.54) is 25.9 Å². The zero-order chi connectivity index (χ0) is 25.6. The number of ether oxygens (including phenoxy) is 1. The molecule has 1 aromatic carbocycles. The number of piperidine rings is 1. The Kier molecular flexibility index (Phi) is 8.59. The van der Waals surface area contributed by atoms with E-state index in [4.69, 9.17) is 14.7 Å². The fourth-order valence-electron chi connectivity index (χ4n) is 5.57. The van der Waals surface area contributed by atoms with Gasteiger partial charge in [0.2, 0.25) is 5.95 Å². The predicted molar refractivity (Wildman–Crippen MR) is 145 cm³/mol. The highest BCUT2D eigenvalue weighted by molar-refractivity contribution is 5.93. The molecule has 4 heterocycles. The van der Waals surface area contributed by atoms with Crippen molar-refractivity contribution in [3.8, 4) is 17.6 Å². The number of alkyl halides is 1. The van der Waals surface area contributed by atoms with Crippen molar-refractivity contribution in [3.63, 3.8) is 0 Å². The Balaban J connectivity index is 1.42. The summed E-state index contributed by atoms with van der Waals surface area (Å²) in [4.78, 5) is 16.4. The van der Waals surface area contributed by atoms with E-state index < -0.39 is 6.17 Å². The third-order valence-corrected chi connectivity index (χ3v) is 7.74. The van der Waals surface area contributed by atoms with Gasteiger partial charge in [0.25, 0.3) is 0 Å². The normalized spacial score (nSPS) is 21.4. The van der Waals surface area contributed by atoms with Crippen LogP contribution >= 0.6 is 0 Å². The van der Waals surface area contributed by atoms with Crippen LogP contribution in [-0.2, 0) is 0 Å². The molecular formula is C28H39FN6O2. The number of hydrogen-bond acceptors (Lipinski definition) is 8. The minimum absolute atomic E-state index is 0.187. The maximum Gasteiger partial charge on any atom is 0.227 e. The van der Waals surface area contributed by atoms with Crippen molar-refractivity contribution in [2.24, 2.45) is 0 Å². The molecule has 2 N–H and O–H groups in total. The zero-order valence-electron chi connectivity index (χ0n) is 21.9. The smallest absolute Gasteiger partial charge is 0.227 e. The first-order chi connectivity index (χ1) is 18.1. The van der Waals surface area contributed by atoms with Gasteiger partial charge < -0.3 is 29.9 Å². The van der Waals surface area contributed by atoms with E-state index in [9.17, 15) is 9.50 Å². The van der Waals surface area contributed by atoms with Gasteiger partial charge in [-0.05, 0) is 57.3 Å². The van der Waals surface area contributed by atoms with Crippen LogP contribution in [0.5, 0.6) is 5.75 Å². The summed E-state index contributed by atoms with van der Waals surface area (Å²) in [6, 6.07) is 4.24. The van der Waals surface area contributed by atoms with Crippen molar-refractivity contribution in [2.45, 2.75) is 50.7 Å². The van der Waals surface area contributed by atoms with Crippen LogP contribution in [0.4, 0.5) is 16.2 Å². The summed E-state index contributed by atoms with van der Waals surface area (Å²) < 4.78 is 19.7. The van der Waals surface area contributed by atoms with E-state index in [2.05, 4.69) is 27.0 Å². The molecule has 5 rings (SSSR count). The fourth-order valence-corrected chi connectivity index (χ4v) is 5.57. The molecular weight excluding hydrogens is 471 g/mol.